The van der Waals surface area contributed by atoms with Gasteiger partial charge >= 0.3 is 0 Å². The van der Waals surface area contributed by atoms with Crippen LogP contribution in [0.2, 0.25) is 0 Å². The molecule has 1 N–H and O–H groups in total. The van der Waals surface area contributed by atoms with Crippen molar-refractivity contribution < 1.29 is 0 Å². The van der Waals surface area contributed by atoms with Crippen LogP contribution in [-0.4, -0.2) is 13.1 Å². The van der Waals surface area contributed by atoms with Gasteiger partial charge in [-0.2, -0.15) is 0 Å². The maximum Gasteiger partial charge on any atom is 0.0248 e. The Labute approximate surface area is 93.2 Å². The van der Waals surface area contributed by atoms with E-state index < -0.39 is 0 Å². The molecule has 0 aliphatic carbocycles. The van der Waals surface area contributed by atoms with Gasteiger partial charge in [0.2, 0.25) is 0 Å². The number of likely N-dealkylation sites (N-methyl/N-ethyl adjacent to an activating group) is 1. The monoisotopic (exact) mass is 203 g/mol. The fourth-order valence-electron chi connectivity index (χ4n) is 1.64. The number of benzene rings is 1. The predicted molar refractivity (Wildman–Crippen MR) is 68.1 cm³/mol. The minimum atomic E-state index is 0.434. The van der Waals surface area contributed by atoms with Crippen molar-refractivity contribution in [2.75, 3.05) is 7.05 Å². The number of hydrogen-bond acceptors (Lipinski definition) is 1. The van der Waals surface area contributed by atoms with Crippen molar-refractivity contribution in [3.63, 3.8) is 0 Å². The summed E-state index contributed by atoms with van der Waals surface area (Å²) in [5, 5.41) is 3.26. The molecule has 1 atom stereocenters. The lowest BCUT2D eigenvalue weighted by atomic mass is 9.99. The summed E-state index contributed by atoms with van der Waals surface area (Å²) in [6.07, 6.45) is 2.28. The van der Waals surface area contributed by atoms with E-state index in [9.17, 15) is 0 Å². The first-order valence-electron chi connectivity index (χ1n) is 5.48. The van der Waals surface area contributed by atoms with E-state index in [1.807, 2.05) is 7.05 Å². The summed E-state index contributed by atoms with van der Waals surface area (Å²) in [4.78, 5) is 0. The molecular formula is C14H21N. The van der Waals surface area contributed by atoms with E-state index in [-0.39, 0.29) is 0 Å². The Morgan fingerprint density at radius 1 is 1.27 bits per heavy atom. The van der Waals surface area contributed by atoms with E-state index in [2.05, 4.69) is 57.3 Å². The average molecular weight is 203 g/mol. The molecule has 0 amide bonds. The molecule has 1 unspecified atom stereocenters. The third-order valence-corrected chi connectivity index (χ3v) is 3.03. The molecule has 1 rings (SSSR count). The van der Waals surface area contributed by atoms with E-state index in [1.54, 1.807) is 0 Å². The molecule has 0 bridgehead atoms. The molecule has 0 spiro atoms. The van der Waals surface area contributed by atoms with Crippen LogP contribution in [0.25, 0.3) is 6.08 Å². The van der Waals surface area contributed by atoms with Gasteiger partial charge in [-0.05, 0) is 51.4 Å². The van der Waals surface area contributed by atoms with Gasteiger partial charge in [-0.25, -0.2) is 0 Å². The van der Waals surface area contributed by atoms with Gasteiger partial charge in [0.25, 0.3) is 0 Å². The molecule has 0 aromatic heterocycles. The number of nitrogens with one attached hydrogen (secondary N) is 1. The summed E-state index contributed by atoms with van der Waals surface area (Å²) in [6, 6.07) is 6.87. The van der Waals surface area contributed by atoms with Crippen molar-refractivity contribution in [1.29, 1.82) is 0 Å². The van der Waals surface area contributed by atoms with Crippen molar-refractivity contribution in [3.05, 3.63) is 40.5 Å². The number of aryl methyl sites for hydroxylation is 2. The van der Waals surface area contributed by atoms with Crippen molar-refractivity contribution in [1.82, 2.24) is 5.32 Å². The van der Waals surface area contributed by atoms with Crippen molar-refractivity contribution in [2.24, 2.45) is 0 Å². The Bertz CT molecular complexity index is 343. The van der Waals surface area contributed by atoms with Crippen LogP contribution in [0.5, 0.6) is 0 Å². The molecule has 0 saturated heterocycles. The maximum absolute atomic E-state index is 3.26. The molecule has 1 heteroatoms. The zero-order valence-corrected chi connectivity index (χ0v) is 10.4. The minimum Gasteiger partial charge on any atom is -0.314 e. The second kappa shape index (κ2) is 5.13. The fourth-order valence-corrected chi connectivity index (χ4v) is 1.64. The second-order valence-corrected chi connectivity index (χ2v) is 4.20. The average Bonchev–Trinajstić information content (AvgIpc) is 2.22. The van der Waals surface area contributed by atoms with Crippen LogP contribution in [0.1, 0.15) is 30.5 Å². The zero-order valence-electron chi connectivity index (χ0n) is 10.4. The highest BCUT2D eigenvalue weighted by atomic mass is 14.8. The quantitative estimate of drug-likeness (QED) is 0.794. The lowest BCUT2D eigenvalue weighted by molar-refractivity contribution is 0.696. The van der Waals surface area contributed by atoms with E-state index in [1.165, 1.54) is 22.3 Å². The summed E-state index contributed by atoms with van der Waals surface area (Å²) >= 11 is 0. The molecule has 0 radical (unpaired) electrons. The molecule has 0 saturated carbocycles. The molecule has 0 aliphatic heterocycles. The molecular weight excluding hydrogens is 182 g/mol. The first-order valence-corrected chi connectivity index (χ1v) is 5.48. The third-order valence-electron chi connectivity index (χ3n) is 3.03. The van der Waals surface area contributed by atoms with E-state index >= 15 is 0 Å². The highest BCUT2D eigenvalue weighted by Crippen LogP contribution is 2.18. The van der Waals surface area contributed by atoms with Crippen LogP contribution in [0.4, 0.5) is 0 Å². The Kier molecular flexibility index (Phi) is 4.10. The lowest BCUT2D eigenvalue weighted by Crippen LogP contribution is -2.22. The number of rotatable bonds is 3. The maximum atomic E-state index is 3.26. The van der Waals surface area contributed by atoms with Crippen molar-refractivity contribution >= 4 is 6.08 Å². The van der Waals surface area contributed by atoms with Crippen LogP contribution in [0.3, 0.4) is 0 Å². The summed E-state index contributed by atoms with van der Waals surface area (Å²) in [5.41, 5.74) is 5.42. The highest BCUT2D eigenvalue weighted by Gasteiger charge is 2.03. The van der Waals surface area contributed by atoms with Crippen LogP contribution in [-0.2, 0) is 0 Å². The van der Waals surface area contributed by atoms with Gasteiger partial charge < -0.3 is 5.32 Å². The van der Waals surface area contributed by atoms with Gasteiger partial charge in [0, 0.05) is 6.04 Å². The van der Waals surface area contributed by atoms with Gasteiger partial charge in [0.15, 0.2) is 0 Å². The smallest absolute Gasteiger partial charge is 0.0248 e. The summed E-state index contributed by atoms with van der Waals surface area (Å²) in [5.74, 6) is 0. The summed E-state index contributed by atoms with van der Waals surface area (Å²) in [6.45, 7) is 8.68. The Morgan fingerprint density at radius 3 is 2.27 bits per heavy atom. The molecule has 82 valence electrons. The lowest BCUT2D eigenvalue weighted by Gasteiger charge is -2.12. The zero-order chi connectivity index (χ0) is 11.4. The van der Waals surface area contributed by atoms with E-state index in [4.69, 9.17) is 0 Å². The van der Waals surface area contributed by atoms with Gasteiger partial charge in [0.05, 0.1) is 0 Å². The van der Waals surface area contributed by atoms with Crippen LogP contribution in [0.15, 0.2) is 23.8 Å². The first kappa shape index (κ1) is 12.0. The van der Waals surface area contributed by atoms with Crippen LogP contribution in [0, 0.1) is 13.8 Å². The third kappa shape index (κ3) is 2.93. The SMILES string of the molecule is CNC(C)/C(C)=C/c1c(C)cccc1C. The molecule has 0 fully saturated rings. The molecule has 1 aromatic carbocycles. The van der Waals surface area contributed by atoms with Crippen molar-refractivity contribution in [3.8, 4) is 0 Å². The standard InChI is InChI=1S/C14H21N/c1-10-7-6-8-11(2)14(10)9-12(3)13(4)15-5/h6-9,13,15H,1-5H3/b12-9+. The van der Waals surface area contributed by atoms with Crippen molar-refractivity contribution in [2.45, 2.75) is 33.7 Å². The first-order chi connectivity index (χ1) is 7.06. The van der Waals surface area contributed by atoms with Crippen LogP contribution < -0.4 is 5.32 Å². The predicted octanol–water partition coefficient (Wildman–Crippen LogP) is 3.31. The Balaban J connectivity index is 3.07. The van der Waals surface area contributed by atoms with Gasteiger partial charge in [0.1, 0.15) is 0 Å². The molecule has 0 aliphatic rings. The normalized spacial score (nSPS) is 14.1. The largest absolute Gasteiger partial charge is 0.314 e. The Morgan fingerprint density at radius 2 is 1.80 bits per heavy atom. The summed E-state index contributed by atoms with van der Waals surface area (Å²) in [7, 11) is 1.99. The Hall–Kier alpha value is -1.08. The molecule has 1 nitrogen and oxygen atoms in total. The fraction of sp³-hybridized carbons (Fsp3) is 0.429. The van der Waals surface area contributed by atoms with Crippen LogP contribution >= 0.6 is 0 Å². The molecule has 15 heavy (non-hydrogen) atoms. The summed E-state index contributed by atoms with van der Waals surface area (Å²) < 4.78 is 0. The van der Waals surface area contributed by atoms with Gasteiger partial charge in [-0.15, -0.1) is 0 Å². The van der Waals surface area contributed by atoms with E-state index in [0.717, 1.165) is 0 Å². The minimum absolute atomic E-state index is 0.434. The molecule has 0 heterocycles. The second-order valence-electron chi connectivity index (χ2n) is 4.20. The van der Waals surface area contributed by atoms with E-state index in [0.29, 0.717) is 6.04 Å². The van der Waals surface area contributed by atoms with Gasteiger partial charge in [-0.1, -0.05) is 29.8 Å². The highest BCUT2D eigenvalue weighted by molar-refractivity contribution is 5.60. The molecule has 1 aromatic rings. The topological polar surface area (TPSA) is 12.0 Å². The van der Waals surface area contributed by atoms with Gasteiger partial charge in [-0.3, -0.25) is 0 Å². The number of hydrogen-bond donors (Lipinski definition) is 1.